The number of amides is 2. The smallest absolute Gasteiger partial charge is 0.404 e. The van der Waals surface area contributed by atoms with Gasteiger partial charge in [-0.2, -0.15) is 0 Å². The highest BCUT2D eigenvalue weighted by atomic mass is 35.5. The summed E-state index contributed by atoms with van der Waals surface area (Å²) in [5, 5.41) is -0.243. The highest BCUT2D eigenvalue weighted by Crippen LogP contribution is 2.31. The van der Waals surface area contributed by atoms with Crippen molar-refractivity contribution in [1.82, 2.24) is 9.62 Å². The number of fused-ring (bicyclic) bond motifs is 1. The van der Waals surface area contributed by atoms with Crippen LogP contribution in [0.1, 0.15) is 28.4 Å². The molecule has 0 unspecified atom stereocenters. The molecule has 0 spiro atoms. The van der Waals surface area contributed by atoms with E-state index in [0.717, 1.165) is 13.0 Å². The predicted molar refractivity (Wildman–Crippen MR) is 104 cm³/mol. The van der Waals surface area contributed by atoms with Crippen LogP contribution in [0.15, 0.2) is 41.3 Å². The Kier molecular flexibility index (Phi) is 6.19. The molecule has 1 N–H and O–H groups in total. The van der Waals surface area contributed by atoms with Gasteiger partial charge < -0.3 is 9.64 Å². The molecule has 0 radical (unpaired) electrons. The summed E-state index contributed by atoms with van der Waals surface area (Å²) in [6, 6.07) is 7.67. The predicted octanol–water partition coefficient (Wildman–Crippen LogP) is 3.26. The molecule has 1 heterocycles. The van der Waals surface area contributed by atoms with Crippen molar-refractivity contribution in [1.29, 1.82) is 0 Å². The Labute approximate surface area is 180 Å². The molecule has 12 heteroatoms. The molecule has 0 aromatic heterocycles. The topological polar surface area (TPSA) is 92.8 Å². The maximum Gasteiger partial charge on any atom is 0.573 e. The minimum atomic E-state index is -4.87. The van der Waals surface area contributed by atoms with Crippen molar-refractivity contribution in [2.75, 3.05) is 6.54 Å². The summed E-state index contributed by atoms with van der Waals surface area (Å²) < 4.78 is 67.0. The molecule has 2 aromatic carbocycles. The Balaban J connectivity index is 1.77. The van der Waals surface area contributed by atoms with Gasteiger partial charge in [0.05, 0.1) is 9.92 Å². The van der Waals surface area contributed by atoms with E-state index >= 15 is 0 Å². The van der Waals surface area contributed by atoms with Gasteiger partial charge in [-0.3, -0.25) is 9.59 Å². The summed E-state index contributed by atoms with van der Waals surface area (Å²) in [5.41, 5.74) is 1.32. The van der Waals surface area contributed by atoms with Crippen molar-refractivity contribution in [2.45, 2.75) is 31.1 Å². The van der Waals surface area contributed by atoms with Gasteiger partial charge >= 0.3 is 6.36 Å². The molecule has 3 rings (SSSR count). The minimum absolute atomic E-state index is 0.0935. The maximum atomic E-state index is 12.8. The second kappa shape index (κ2) is 8.39. The average molecular weight is 477 g/mol. The van der Waals surface area contributed by atoms with Crippen LogP contribution in [0.3, 0.4) is 0 Å². The Hall–Kier alpha value is -2.79. The lowest BCUT2D eigenvalue weighted by atomic mass is 9.98. The Morgan fingerprint density at radius 2 is 1.94 bits per heavy atom. The van der Waals surface area contributed by atoms with Gasteiger partial charge in [0.15, 0.2) is 0 Å². The molecular weight excluding hydrogens is 461 g/mol. The van der Waals surface area contributed by atoms with E-state index in [2.05, 4.69) is 4.74 Å². The minimum Gasteiger partial charge on any atom is -0.404 e. The number of hydrogen-bond acceptors (Lipinski definition) is 5. The fourth-order valence-corrected chi connectivity index (χ4v) is 4.43. The van der Waals surface area contributed by atoms with Crippen molar-refractivity contribution in [3.05, 3.63) is 58.1 Å². The monoisotopic (exact) mass is 476 g/mol. The Morgan fingerprint density at radius 1 is 1.23 bits per heavy atom. The third kappa shape index (κ3) is 5.47. The summed E-state index contributed by atoms with van der Waals surface area (Å²) in [6.07, 6.45) is -4.52. The normalized spacial score (nSPS) is 14.2. The highest BCUT2D eigenvalue weighted by molar-refractivity contribution is 7.90. The van der Waals surface area contributed by atoms with Crippen LogP contribution in [-0.4, -0.2) is 38.0 Å². The summed E-state index contributed by atoms with van der Waals surface area (Å²) in [4.78, 5) is 25.2. The zero-order valence-electron chi connectivity index (χ0n) is 16.0. The first-order valence-electron chi connectivity index (χ1n) is 8.85. The van der Waals surface area contributed by atoms with Gasteiger partial charge in [-0.25, -0.2) is 13.1 Å². The van der Waals surface area contributed by atoms with E-state index in [1.165, 1.54) is 35.2 Å². The lowest BCUT2D eigenvalue weighted by Crippen LogP contribution is -2.37. The first-order valence-corrected chi connectivity index (χ1v) is 10.7. The molecule has 2 aromatic rings. The quantitative estimate of drug-likeness (QED) is 0.715. The van der Waals surface area contributed by atoms with Crippen LogP contribution in [-0.2, 0) is 27.8 Å². The van der Waals surface area contributed by atoms with Crippen LogP contribution >= 0.6 is 11.6 Å². The van der Waals surface area contributed by atoms with E-state index in [-0.39, 0.29) is 28.9 Å². The van der Waals surface area contributed by atoms with Gasteiger partial charge in [-0.15, -0.1) is 13.2 Å². The van der Waals surface area contributed by atoms with Gasteiger partial charge in [0.1, 0.15) is 5.75 Å². The van der Waals surface area contributed by atoms with Crippen LogP contribution < -0.4 is 9.46 Å². The van der Waals surface area contributed by atoms with E-state index in [9.17, 15) is 31.2 Å². The summed E-state index contributed by atoms with van der Waals surface area (Å²) in [6.45, 7) is 1.43. The fourth-order valence-electron chi connectivity index (χ4n) is 3.15. The molecule has 0 atom stereocenters. The van der Waals surface area contributed by atoms with E-state index in [4.69, 9.17) is 11.6 Å². The van der Waals surface area contributed by atoms with E-state index in [1.807, 2.05) is 4.72 Å². The van der Waals surface area contributed by atoms with Crippen molar-refractivity contribution in [3.63, 3.8) is 0 Å². The number of alkyl halides is 3. The molecule has 2 amide bonds. The summed E-state index contributed by atoms with van der Waals surface area (Å²) in [5.74, 6) is -1.64. The van der Waals surface area contributed by atoms with Gasteiger partial charge in [0.25, 0.3) is 15.9 Å². The third-order valence-corrected chi connectivity index (χ3v) is 6.16. The van der Waals surface area contributed by atoms with Crippen LogP contribution in [0.2, 0.25) is 5.02 Å². The van der Waals surface area contributed by atoms with Crippen molar-refractivity contribution in [3.8, 4) is 5.75 Å². The molecule has 1 aliphatic heterocycles. The zero-order chi connectivity index (χ0) is 23.0. The first-order chi connectivity index (χ1) is 14.4. The molecule has 31 heavy (non-hydrogen) atoms. The molecule has 0 saturated heterocycles. The second-order valence-corrected chi connectivity index (χ2v) is 8.86. The lowest BCUT2D eigenvalue weighted by Gasteiger charge is -2.29. The number of carbonyl (C=O) groups is 2. The van der Waals surface area contributed by atoms with E-state index in [1.54, 1.807) is 0 Å². The number of nitrogens with zero attached hydrogens (tertiary/aromatic N) is 1. The van der Waals surface area contributed by atoms with Crippen molar-refractivity contribution >= 4 is 33.4 Å². The Morgan fingerprint density at radius 3 is 2.55 bits per heavy atom. The van der Waals surface area contributed by atoms with Crippen LogP contribution in [0.4, 0.5) is 13.2 Å². The molecular formula is C19H16ClF3N2O5S. The SMILES string of the molecule is CC(=O)NS(=O)(=O)c1ccc2c(c1)CCN(Cc1ccc(OC(F)(F)F)c(Cl)c1)C2=O. The number of hydrogen-bond donors (Lipinski definition) is 1. The molecule has 0 fully saturated rings. The van der Waals surface area contributed by atoms with Gasteiger partial charge in [0, 0.05) is 25.6 Å². The second-order valence-electron chi connectivity index (χ2n) is 6.77. The van der Waals surface area contributed by atoms with Crippen LogP contribution in [0.5, 0.6) is 5.75 Å². The molecule has 0 saturated carbocycles. The number of sulfonamides is 1. The molecule has 0 aliphatic carbocycles. The van der Waals surface area contributed by atoms with E-state index < -0.39 is 28.0 Å². The summed E-state index contributed by atoms with van der Waals surface area (Å²) >= 11 is 5.85. The maximum absolute atomic E-state index is 12.8. The average Bonchev–Trinajstić information content (AvgIpc) is 2.64. The molecule has 1 aliphatic rings. The summed E-state index contributed by atoms with van der Waals surface area (Å²) in [7, 11) is -4.03. The number of halogens is 4. The largest absolute Gasteiger partial charge is 0.573 e. The van der Waals surface area contributed by atoms with Crippen LogP contribution in [0, 0.1) is 0 Å². The standard InChI is InChI=1S/C19H16ClF3N2O5S/c1-11(26)24-31(28,29)14-3-4-15-13(9-14)6-7-25(18(15)27)10-12-2-5-17(16(20)8-12)30-19(21,22)23/h2-5,8-9H,6-7,10H2,1H3,(H,24,26). The lowest BCUT2D eigenvalue weighted by molar-refractivity contribution is -0.274. The van der Waals surface area contributed by atoms with E-state index in [0.29, 0.717) is 23.1 Å². The fraction of sp³-hybridized carbons (Fsp3) is 0.263. The number of benzene rings is 2. The highest BCUT2D eigenvalue weighted by Gasteiger charge is 2.32. The number of carbonyl (C=O) groups excluding carboxylic acids is 2. The molecule has 166 valence electrons. The van der Waals surface area contributed by atoms with Gasteiger partial charge in [-0.1, -0.05) is 17.7 Å². The zero-order valence-corrected chi connectivity index (χ0v) is 17.6. The molecule has 0 bridgehead atoms. The number of ether oxygens (including phenoxy) is 1. The number of nitrogens with one attached hydrogen (secondary N) is 1. The van der Waals surface area contributed by atoms with Gasteiger partial charge in [-0.05, 0) is 47.9 Å². The first kappa shape index (κ1) is 22.9. The van der Waals surface area contributed by atoms with Crippen LogP contribution in [0.25, 0.3) is 0 Å². The number of rotatable bonds is 5. The van der Waals surface area contributed by atoms with Gasteiger partial charge in [0.2, 0.25) is 5.91 Å². The third-order valence-electron chi connectivity index (χ3n) is 4.43. The van der Waals surface area contributed by atoms with Crippen molar-refractivity contribution in [2.24, 2.45) is 0 Å². The van der Waals surface area contributed by atoms with Crippen molar-refractivity contribution < 1.29 is 35.9 Å². The molecule has 7 nitrogen and oxygen atoms in total. The Bertz CT molecular complexity index is 1150.